The van der Waals surface area contributed by atoms with Crippen LogP contribution in [0.15, 0.2) is 0 Å². The first kappa shape index (κ1) is 17.4. The van der Waals surface area contributed by atoms with Gasteiger partial charge in [-0.1, -0.05) is 12.8 Å². The van der Waals surface area contributed by atoms with Crippen LogP contribution in [0.1, 0.15) is 32.6 Å². The highest BCUT2D eigenvalue weighted by molar-refractivity contribution is 6.70. The lowest BCUT2D eigenvalue weighted by atomic mass is 10.1. The van der Waals surface area contributed by atoms with E-state index in [-0.39, 0.29) is 0 Å². The smallest absolute Gasteiger partial charge is 0.184 e. The van der Waals surface area contributed by atoms with Crippen LogP contribution in [-0.2, 0) is 8.85 Å². The van der Waals surface area contributed by atoms with Gasteiger partial charge in [-0.05, 0) is 59.0 Å². The van der Waals surface area contributed by atoms with Crippen LogP contribution in [0.2, 0.25) is 39.3 Å². The van der Waals surface area contributed by atoms with Crippen molar-refractivity contribution in [3.63, 3.8) is 0 Å². The quantitative estimate of drug-likeness (QED) is 0.451. The van der Waals surface area contributed by atoms with Crippen LogP contribution in [0.4, 0.5) is 0 Å². The molecule has 0 saturated heterocycles. The van der Waals surface area contributed by atoms with E-state index in [9.17, 15) is 0 Å². The fourth-order valence-corrected chi connectivity index (χ4v) is 3.83. The van der Waals surface area contributed by atoms with E-state index in [1.807, 2.05) is 0 Å². The Labute approximate surface area is 110 Å². The Morgan fingerprint density at radius 1 is 0.824 bits per heavy atom. The van der Waals surface area contributed by atoms with Gasteiger partial charge in [-0.25, -0.2) is 0 Å². The molecule has 0 aromatic rings. The predicted molar refractivity (Wildman–Crippen MR) is 81.7 cm³/mol. The van der Waals surface area contributed by atoms with Crippen molar-refractivity contribution in [2.45, 2.75) is 78.0 Å². The molecule has 0 aliphatic carbocycles. The normalized spacial score (nSPS) is 15.0. The highest BCUT2D eigenvalue weighted by atomic mass is 28.4. The Kier molecular flexibility index (Phi) is 7.88. The second-order valence-corrected chi connectivity index (χ2v) is 15.8. The SMILES string of the molecule is CC(CCCCCO[Si](C)(C)C)O[Si](C)(C)C. The molecule has 0 N–H and O–H groups in total. The van der Waals surface area contributed by atoms with Crippen LogP contribution in [0.3, 0.4) is 0 Å². The molecule has 104 valence electrons. The maximum Gasteiger partial charge on any atom is 0.184 e. The van der Waals surface area contributed by atoms with Crippen molar-refractivity contribution >= 4 is 16.6 Å². The second kappa shape index (κ2) is 7.72. The first-order chi connectivity index (χ1) is 7.60. The third-order valence-corrected chi connectivity index (χ3v) is 4.52. The summed E-state index contributed by atoms with van der Waals surface area (Å²) in [5, 5.41) is 0. The van der Waals surface area contributed by atoms with Crippen molar-refractivity contribution in [3.05, 3.63) is 0 Å². The Hall–Kier alpha value is 0.354. The second-order valence-electron chi connectivity index (χ2n) is 6.85. The van der Waals surface area contributed by atoms with E-state index in [2.05, 4.69) is 46.2 Å². The monoisotopic (exact) mass is 276 g/mol. The summed E-state index contributed by atoms with van der Waals surface area (Å²) in [6, 6.07) is 0. The maximum atomic E-state index is 6.01. The summed E-state index contributed by atoms with van der Waals surface area (Å²) in [4.78, 5) is 0. The average molecular weight is 277 g/mol. The molecular weight excluding hydrogens is 244 g/mol. The lowest BCUT2D eigenvalue weighted by Gasteiger charge is -2.23. The number of hydrogen-bond acceptors (Lipinski definition) is 2. The molecule has 17 heavy (non-hydrogen) atoms. The van der Waals surface area contributed by atoms with Gasteiger partial charge in [0.2, 0.25) is 0 Å². The first-order valence-corrected chi connectivity index (χ1v) is 13.7. The summed E-state index contributed by atoms with van der Waals surface area (Å²) in [5.41, 5.74) is 0. The van der Waals surface area contributed by atoms with Gasteiger partial charge in [0.05, 0.1) is 0 Å². The summed E-state index contributed by atoms with van der Waals surface area (Å²) in [6.07, 6.45) is 5.35. The Bertz CT molecular complexity index is 195. The average Bonchev–Trinajstić information content (AvgIpc) is 2.06. The molecule has 0 heterocycles. The van der Waals surface area contributed by atoms with Crippen LogP contribution in [0.5, 0.6) is 0 Å². The summed E-state index contributed by atoms with van der Waals surface area (Å²) < 4.78 is 11.8. The van der Waals surface area contributed by atoms with Crippen molar-refractivity contribution in [1.82, 2.24) is 0 Å². The minimum Gasteiger partial charge on any atom is -0.418 e. The Morgan fingerprint density at radius 2 is 1.41 bits per heavy atom. The summed E-state index contributed by atoms with van der Waals surface area (Å²) in [6.45, 7) is 16.7. The molecule has 0 fully saturated rings. The van der Waals surface area contributed by atoms with Crippen LogP contribution in [-0.4, -0.2) is 29.3 Å². The van der Waals surface area contributed by atoms with E-state index >= 15 is 0 Å². The topological polar surface area (TPSA) is 18.5 Å². The van der Waals surface area contributed by atoms with Gasteiger partial charge in [-0.15, -0.1) is 0 Å². The molecule has 0 bridgehead atoms. The van der Waals surface area contributed by atoms with Crippen molar-refractivity contribution in [2.24, 2.45) is 0 Å². The van der Waals surface area contributed by atoms with Gasteiger partial charge in [0.15, 0.2) is 16.6 Å². The van der Waals surface area contributed by atoms with E-state index in [1.165, 1.54) is 25.7 Å². The van der Waals surface area contributed by atoms with Gasteiger partial charge in [-0.2, -0.15) is 0 Å². The lowest BCUT2D eigenvalue weighted by molar-refractivity contribution is 0.197. The van der Waals surface area contributed by atoms with E-state index in [0.29, 0.717) is 6.10 Å². The largest absolute Gasteiger partial charge is 0.418 e. The minimum atomic E-state index is -1.34. The molecular formula is C13H32O2Si2. The minimum absolute atomic E-state index is 0.430. The maximum absolute atomic E-state index is 6.01. The highest BCUT2D eigenvalue weighted by Crippen LogP contribution is 2.13. The van der Waals surface area contributed by atoms with E-state index in [4.69, 9.17) is 8.85 Å². The van der Waals surface area contributed by atoms with Crippen molar-refractivity contribution < 1.29 is 8.85 Å². The molecule has 0 aliphatic rings. The first-order valence-electron chi connectivity index (χ1n) is 6.92. The number of hydrogen-bond donors (Lipinski definition) is 0. The predicted octanol–water partition coefficient (Wildman–Crippen LogP) is 4.64. The lowest BCUT2D eigenvalue weighted by Crippen LogP contribution is -2.30. The van der Waals surface area contributed by atoms with Crippen LogP contribution < -0.4 is 0 Å². The molecule has 0 saturated carbocycles. The number of rotatable bonds is 9. The Morgan fingerprint density at radius 3 is 1.88 bits per heavy atom. The number of unbranched alkanes of at least 4 members (excludes halogenated alkanes) is 2. The summed E-state index contributed by atoms with van der Waals surface area (Å²) in [5.74, 6) is 0. The van der Waals surface area contributed by atoms with Crippen LogP contribution in [0.25, 0.3) is 0 Å². The third-order valence-electron chi connectivity index (χ3n) is 2.34. The van der Waals surface area contributed by atoms with Crippen LogP contribution in [0, 0.1) is 0 Å². The zero-order chi connectivity index (χ0) is 13.5. The fourth-order valence-electron chi connectivity index (χ4n) is 1.75. The van der Waals surface area contributed by atoms with Gasteiger partial charge in [0, 0.05) is 12.7 Å². The van der Waals surface area contributed by atoms with Gasteiger partial charge in [0.1, 0.15) is 0 Å². The molecule has 0 aliphatic heterocycles. The van der Waals surface area contributed by atoms with Crippen molar-refractivity contribution in [1.29, 1.82) is 0 Å². The molecule has 0 rings (SSSR count). The third kappa shape index (κ3) is 14.3. The van der Waals surface area contributed by atoms with Crippen molar-refractivity contribution in [2.75, 3.05) is 6.61 Å². The van der Waals surface area contributed by atoms with Crippen LogP contribution >= 0.6 is 0 Å². The summed E-state index contributed by atoms with van der Waals surface area (Å²) in [7, 11) is -2.63. The van der Waals surface area contributed by atoms with Gasteiger partial charge >= 0.3 is 0 Å². The molecule has 1 atom stereocenters. The molecule has 0 aromatic heterocycles. The van der Waals surface area contributed by atoms with E-state index in [1.54, 1.807) is 0 Å². The molecule has 0 amide bonds. The molecule has 4 heteroatoms. The molecule has 1 unspecified atom stereocenters. The molecule has 0 aromatic carbocycles. The van der Waals surface area contributed by atoms with E-state index < -0.39 is 16.6 Å². The van der Waals surface area contributed by atoms with Gasteiger partial charge in [0.25, 0.3) is 0 Å². The van der Waals surface area contributed by atoms with Crippen molar-refractivity contribution in [3.8, 4) is 0 Å². The summed E-state index contributed by atoms with van der Waals surface area (Å²) >= 11 is 0. The zero-order valence-corrected chi connectivity index (χ0v) is 14.9. The van der Waals surface area contributed by atoms with E-state index in [0.717, 1.165) is 6.61 Å². The molecule has 0 spiro atoms. The van der Waals surface area contributed by atoms with Gasteiger partial charge in [-0.3, -0.25) is 0 Å². The highest BCUT2D eigenvalue weighted by Gasteiger charge is 2.17. The molecule has 2 nitrogen and oxygen atoms in total. The Balaban J connectivity index is 3.40. The standard InChI is InChI=1S/C13H32O2Si2/c1-13(15-17(5,6)7)11-9-8-10-12-14-16(2,3)4/h13H,8-12H2,1-7H3. The zero-order valence-electron chi connectivity index (χ0n) is 12.9. The fraction of sp³-hybridized carbons (Fsp3) is 1.00. The van der Waals surface area contributed by atoms with Gasteiger partial charge < -0.3 is 8.85 Å². The molecule has 0 radical (unpaired) electrons.